The number of halogens is 1. The number of hydrogen-bond donors (Lipinski definition) is 3. The van der Waals surface area contributed by atoms with Gasteiger partial charge in [-0.05, 0) is 22.1 Å². The minimum atomic E-state index is -1.03. The van der Waals surface area contributed by atoms with Crippen molar-refractivity contribution in [3.63, 3.8) is 0 Å². The molecule has 4 rings (SSSR count). The molecule has 2 aromatic carbocycles. The second kappa shape index (κ2) is 9.32. The smallest absolute Gasteiger partial charge is 0.423 e. The molecule has 0 saturated carbocycles. The second-order valence-electron chi connectivity index (χ2n) is 5.96. The van der Waals surface area contributed by atoms with Crippen molar-refractivity contribution >= 4 is 37.6 Å². The van der Waals surface area contributed by atoms with Crippen LogP contribution in [0.3, 0.4) is 0 Å². The predicted octanol–water partition coefficient (Wildman–Crippen LogP) is -0.452. The van der Waals surface area contributed by atoms with E-state index in [4.69, 9.17) is 15.0 Å². The monoisotopic (exact) mass is 392 g/mol. The lowest BCUT2D eigenvalue weighted by Gasteiger charge is -2.07. The third-order valence-electron chi connectivity index (χ3n) is 4.33. The van der Waals surface area contributed by atoms with Crippen molar-refractivity contribution in [2.24, 2.45) is 5.73 Å². The molecule has 2 unspecified atom stereocenters. The van der Waals surface area contributed by atoms with Gasteiger partial charge in [0.1, 0.15) is 6.10 Å². The van der Waals surface area contributed by atoms with E-state index in [-0.39, 0.29) is 25.1 Å². The van der Waals surface area contributed by atoms with E-state index < -0.39 is 25.3 Å². The van der Waals surface area contributed by atoms with Gasteiger partial charge in [-0.25, -0.2) is 0 Å². The lowest BCUT2D eigenvalue weighted by atomic mass is 9.79. The van der Waals surface area contributed by atoms with Crippen LogP contribution in [0.2, 0.25) is 0 Å². The highest BCUT2D eigenvalue weighted by molar-refractivity contribution is 6.62. The van der Waals surface area contributed by atoms with Crippen molar-refractivity contribution in [2.75, 3.05) is 13.1 Å². The molecule has 0 radical (unpaired) electrons. The fraction of sp³-hybridized carbons (Fsp3) is 0.250. The van der Waals surface area contributed by atoms with Gasteiger partial charge in [0, 0.05) is 11.5 Å². The van der Waals surface area contributed by atoms with Gasteiger partial charge in [-0.2, -0.15) is 0 Å². The Morgan fingerprint density at radius 1 is 0.963 bits per heavy atom. The summed E-state index contributed by atoms with van der Waals surface area (Å²) >= 11 is 0. The molecule has 11 heteroatoms. The third-order valence-corrected chi connectivity index (χ3v) is 4.33. The van der Waals surface area contributed by atoms with E-state index >= 15 is 0 Å². The van der Waals surface area contributed by atoms with E-state index in [0.29, 0.717) is 17.6 Å². The molecule has 2 heterocycles. The highest BCUT2D eigenvalue weighted by Crippen LogP contribution is 2.23. The number of nitro groups is 1. The first-order valence-electron chi connectivity index (χ1n) is 8.17. The van der Waals surface area contributed by atoms with Gasteiger partial charge >= 0.3 is 14.2 Å². The SMILES string of the molecule is Cl.NCC1OB(O)c2ccccc21.O=[N+]([O-])CC1OB(O)c2ccccc21. The van der Waals surface area contributed by atoms with Crippen LogP contribution < -0.4 is 16.7 Å². The highest BCUT2D eigenvalue weighted by atomic mass is 35.5. The molecule has 0 amide bonds. The van der Waals surface area contributed by atoms with Crippen molar-refractivity contribution in [1.82, 2.24) is 0 Å². The number of hydrogen-bond acceptors (Lipinski definition) is 7. The van der Waals surface area contributed by atoms with Crippen molar-refractivity contribution in [2.45, 2.75) is 12.2 Å². The van der Waals surface area contributed by atoms with Gasteiger partial charge in [-0.15, -0.1) is 12.4 Å². The summed E-state index contributed by atoms with van der Waals surface area (Å²) in [6.07, 6.45) is -0.771. The molecule has 0 saturated heterocycles. The zero-order chi connectivity index (χ0) is 18.7. The summed E-state index contributed by atoms with van der Waals surface area (Å²) in [5.41, 5.74) is 8.65. The van der Waals surface area contributed by atoms with E-state index in [1.807, 2.05) is 24.3 Å². The van der Waals surface area contributed by atoms with Crippen LogP contribution in [0.1, 0.15) is 23.3 Å². The highest BCUT2D eigenvalue weighted by Gasteiger charge is 2.37. The maximum atomic E-state index is 10.3. The first-order chi connectivity index (χ1) is 12.5. The minimum Gasteiger partial charge on any atom is -0.423 e. The van der Waals surface area contributed by atoms with E-state index in [9.17, 15) is 20.2 Å². The second-order valence-corrected chi connectivity index (χ2v) is 5.96. The molecule has 142 valence electrons. The van der Waals surface area contributed by atoms with Gasteiger partial charge in [0.2, 0.25) is 6.54 Å². The van der Waals surface area contributed by atoms with Crippen LogP contribution in [-0.2, 0) is 9.31 Å². The van der Waals surface area contributed by atoms with Gasteiger partial charge in [-0.1, -0.05) is 48.5 Å². The number of nitrogens with two attached hydrogens (primary N) is 1. The quantitative estimate of drug-likeness (QED) is 0.367. The molecule has 0 aromatic heterocycles. The van der Waals surface area contributed by atoms with Crippen molar-refractivity contribution in [3.8, 4) is 0 Å². The fourth-order valence-corrected chi connectivity index (χ4v) is 3.12. The van der Waals surface area contributed by atoms with E-state index in [1.54, 1.807) is 24.3 Å². The van der Waals surface area contributed by atoms with E-state index in [1.165, 1.54) is 0 Å². The lowest BCUT2D eigenvalue weighted by Crippen LogP contribution is -2.27. The molecule has 8 nitrogen and oxygen atoms in total. The van der Waals surface area contributed by atoms with Crippen LogP contribution in [-0.4, -0.2) is 42.3 Å². The Hall–Kier alpha value is -1.94. The van der Waals surface area contributed by atoms with Crippen LogP contribution in [0.5, 0.6) is 0 Å². The van der Waals surface area contributed by atoms with Crippen LogP contribution in [0, 0.1) is 10.1 Å². The first-order valence-corrected chi connectivity index (χ1v) is 8.17. The van der Waals surface area contributed by atoms with Gasteiger partial charge < -0.3 is 25.1 Å². The molecule has 2 aliphatic heterocycles. The average molecular weight is 392 g/mol. The zero-order valence-electron chi connectivity index (χ0n) is 14.3. The van der Waals surface area contributed by atoms with Crippen LogP contribution >= 0.6 is 12.4 Å². The topological polar surface area (TPSA) is 128 Å². The van der Waals surface area contributed by atoms with Gasteiger partial charge in [0.25, 0.3) is 0 Å². The summed E-state index contributed by atoms with van der Waals surface area (Å²) in [6.45, 7) is 0.0994. The molecule has 27 heavy (non-hydrogen) atoms. The van der Waals surface area contributed by atoms with Gasteiger partial charge in [0.05, 0.1) is 6.10 Å². The van der Waals surface area contributed by atoms with Crippen LogP contribution in [0.4, 0.5) is 0 Å². The molecule has 0 bridgehead atoms. The Kier molecular flexibility index (Phi) is 7.37. The molecule has 0 aliphatic carbocycles. The third kappa shape index (κ3) is 4.67. The largest absolute Gasteiger partial charge is 0.492 e. The summed E-state index contributed by atoms with van der Waals surface area (Å²) in [4.78, 5) is 9.87. The van der Waals surface area contributed by atoms with E-state index in [0.717, 1.165) is 11.0 Å². The lowest BCUT2D eigenvalue weighted by molar-refractivity contribution is -0.490. The van der Waals surface area contributed by atoms with Gasteiger partial charge in [0.15, 0.2) is 0 Å². The standard InChI is InChI=1S/C8H8BNO4.C8H10BNO2.ClH/c11-9-7-4-2-1-3-6(7)8(14-9)5-10(12)13;10-5-8-6-3-1-2-4-7(6)9(11)12-8;/h1-4,8,11H,5H2;1-4,8,11H,5,10H2;1H. The number of rotatable bonds is 3. The van der Waals surface area contributed by atoms with Crippen LogP contribution in [0.15, 0.2) is 48.5 Å². The normalized spacial score (nSPS) is 19.5. The Labute approximate surface area is 163 Å². The first kappa shape index (κ1) is 21.4. The Morgan fingerprint density at radius 2 is 1.41 bits per heavy atom. The molecule has 0 spiro atoms. The van der Waals surface area contributed by atoms with Crippen molar-refractivity contribution in [1.29, 1.82) is 0 Å². The molecule has 0 fully saturated rings. The minimum absolute atomic E-state index is 0. The molecule has 2 aromatic rings. The van der Waals surface area contributed by atoms with Crippen molar-refractivity contribution in [3.05, 3.63) is 69.8 Å². The average Bonchev–Trinajstić information content (AvgIpc) is 3.13. The fourth-order valence-electron chi connectivity index (χ4n) is 3.12. The summed E-state index contributed by atoms with van der Waals surface area (Å²) < 4.78 is 10.3. The molecule has 4 N–H and O–H groups in total. The number of fused-ring (bicyclic) bond motifs is 2. The Balaban J connectivity index is 0.000000189. The summed E-state index contributed by atoms with van der Waals surface area (Å²) in [5.74, 6) is 0. The summed E-state index contributed by atoms with van der Waals surface area (Å²) in [6, 6.07) is 14.6. The Bertz CT molecular complexity index is 799. The predicted molar refractivity (Wildman–Crippen MR) is 104 cm³/mol. The number of benzene rings is 2. The Morgan fingerprint density at radius 3 is 1.89 bits per heavy atom. The molecule has 2 aliphatic rings. The number of nitrogens with zero attached hydrogens (tertiary/aromatic N) is 1. The van der Waals surface area contributed by atoms with E-state index in [2.05, 4.69) is 0 Å². The van der Waals surface area contributed by atoms with Gasteiger partial charge in [-0.3, -0.25) is 10.1 Å². The maximum Gasteiger partial charge on any atom is 0.492 e. The molecule has 2 atom stereocenters. The molecular formula is C16H19B2ClN2O6. The summed E-state index contributed by atoms with van der Waals surface area (Å²) in [7, 11) is -1.83. The van der Waals surface area contributed by atoms with Crippen LogP contribution in [0.25, 0.3) is 0 Å². The van der Waals surface area contributed by atoms with Crippen molar-refractivity contribution < 1.29 is 24.3 Å². The summed E-state index contributed by atoms with van der Waals surface area (Å²) in [5, 5.41) is 29.1. The maximum absolute atomic E-state index is 10.3. The zero-order valence-corrected chi connectivity index (χ0v) is 15.1. The molecular weight excluding hydrogens is 373 g/mol.